The van der Waals surface area contributed by atoms with Crippen LogP contribution in [0.15, 0.2) is 35.7 Å². The number of piperazine rings is 1. The van der Waals surface area contributed by atoms with Crippen LogP contribution < -0.4 is 10.1 Å². The first-order valence-corrected chi connectivity index (χ1v) is 8.73. The molecule has 2 heterocycles. The van der Waals surface area contributed by atoms with Crippen LogP contribution in [0.25, 0.3) is 0 Å². The van der Waals surface area contributed by atoms with Crippen LogP contribution in [0, 0.1) is 0 Å². The third kappa shape index (κ3) is 4.22. The van der Waals surface area contributed by atoms with Gasteiger partial charge in [0.05, 0.1) is 11.1 Å². The predicted molar refractivity (Wildman–Crippen MR) is 88.7 cm³/mol. The SMILES string of the molecule is FC(F)(F)Oc1ccc([C@H](c2cccs2)N2CCNCC2)cc1Cl. The minimum atomic E-state index is -4.75. The van der Waals surface area contributed by atoms with Crippen LogP contribution in [0.3, 0.4) is 0 Å². The largest absolute Gasteiger partial charge is 0.573 e. The van der Waals surface area contributed by atoms with Gasteiger partial charge in [-0.2, -0.15) is 0 Å². The number of nitrogens with zero attached hydrogens (tertiary/aromatic N) is 1. The van der Waals surface area contributed by atoms with Gasteiger partial charge in [-0.25, -0.2) is 0 Å². The monoisotopic (exact) mass is 376 g/mol. The van der Waals surface area contributed by atoms with Crippen molar-refractivity contribution in [3.05, 3.63) is 51.2 Å². The van der Waals surface area contributed by atoms with Gasteiger partial charge in [0.1, 0.15) is 5.75 Å². The summed E-state index contributed by atoms with van der Waals surface area (Å²) in [6.45, 7) is 3.48. The minimum Gasteiger partial charge on any atom is -0.404 e. The molecule has 130 valence electrons. The van der Waals surface area contributed by atoms with E-state index in [0.717, 1.165) is 36.6 Å². The van der Waals surface area contributed by atoms with Gasteiger partial charge in [0, 0.05) is 31.1 Å². The first kappa shape index (κ1) is 17.5. The summed E-state index contributed by atoms with van der Waals surface area (Å²) in [6, 6.07) is 8.48. The molecule has 24 heavy (non-hydrogen) atoms. The van der Waals surface area contributed by atoms with Crippen LogP contribution in [0.4, 0.5) is 13.2 Å². The predicted octanol–water partition coefficient (Wildman–Crippen LogP) is 4.29. The van der Waals surface area contributed by atoms with E-state index < -0.39 is 6.36 Å². The number of rotatable bonds is 4. The zero-order valence-corrected chi connectivity index (χ0v) is 14.2. The van der Waals surface area contributed by atoms with E-state index in [4.69, 9.17) is 11.6 Å². The molecule has 1 saturated heterocycles. The molecule has 8 heteroatoms. The molecule has 0 amide bonds. The molecular weight excluding hydrogens is 361 g/mol. The number of thiophene rings is 1. The van der Waals surface area contributed by atoms with Gasteiger partial charge in [-0.3, -0.25) is 4.90 Å². The lowest BCUT2D eigenvalue weighted by Crippen LogP contribution is -2.45. The molecule has 3 rings (SSSR count). The van der Waals surface area contributed by atoms with Crippen molar-refractivity contribution in [2.45, 2.75) is 12.4 Å². The Hall–Kier alpha value is -1.28. The van der Waals surface area contributed by atoms with Crippen molar-refractivity contribution in [2.24, 2.45) is 0 Å². The molecule has 0 spiro atoms. The maximum Gasteiger partial charge on any atom is 0.573 e. The summed E-state index contributed by atoms with van der Waals surface area (Å²) in [4.78, 5) is 3.44. The van der Waals surface area contributed by atoms with E-state index in [2.05, 4.69) is 15.0 Å². The maximum absolute atomic E-state index is 12.4. The number of halogens is 4. The van der Waals surface area contributed by atoms with Gasteiger partial charge in [0.25, 0.3) is 0 Å². The van der Waals surface area contributed by atoms with Crippen molar-refractivity contribution < 1.29 is 17.9 Å². The Morgan fingerprint density at radius 1 is 1.21 bits per heavy atom. The lowest BCUT2D eigenvalue weighted by atomic mass is 10.0. The first-order chi connectivity index (χ1) is 11.4. The van der Waals surface area contributed by atoms with Crippen molar-refractivity contribution in [2.75, 3.05) is 26.2 Å². The quantitative estimate of drug-likeness (QED) is 0.861. The fourth-order valence-electron chi connectivity index (χ4n) is 2.84. The average Bonchev–Trinajstić information content (AvgIpc) is 3.04. The van der Waals surface area contributed by atoms with Gasteiger partial charge in [0.15, 0.2) is 0 Å². The van der Waals surface area contributed by atoms with E-state index in [1.165, 1.54) is 6.07 Å². The third-order valence-electron chi connectivity index (χ3n) is 3.83. The summed E-state index contributed by atoms with van der Waals surface area (Å²) in [7, 11) is 0. The third-order valence-corrected chi connectivity index (χ3v) is 5.05. The van der Waals surface area contributed by atoms with Gasteiger partial charge in [-0.05, 0) is 29.1 Å². The van der Waals surface area contributed by atoms with Gasteiger partial charge in [-0.1, -0.05) is 23.7 Å². The van der Waals surface area contributed by atoms with Crippen LogP contribution >= 0.6 is 22.9 Å². The molecule has 0 bridgehead atoms. The Morgan fingerprint density at radius 2 is 1.96 bits per heavy atom. The zero-order chi connectivity index (χ0) is 17.2. The Labute approximate surface area is 147 Å². The van der Waals surface area contributed by atoms with Gasteiger partial charge >= 0.3 is 6.36 Å². The maximum atomic E-state index is 12.4. The Kier molecular flexibility index (Phi) is 5.34. The van der Waals surface area contributed by atoms with Gasteiger partial charge in [-0.15, -0.1) is 24.5 Å². The second kappa shape index (κ2) is 7.31. The molecule has 1 aromatic carbocycles. The van der Waals surface area contributed by atoms with Crippen LogP contribution in [-0.4, -0.2) is 37.4 Å². The lowest BCUT2D eigenvalue weighted by molar-refractivity contribution is -0.274. The van der Waals surface area contributed by atoms with Crippen LogP contribution in [0.1, 0.15) is 16.5 Å². The number of ether oxygens (including phenoxy) is 1. The Balaban J connectivity index is 1.91. The van der Waals surface area contributed by atoms with Gasteiger partial charge in [0.2, 0.25) is 0 Å². The highest BCUT2D eigenvalue weighted by atomic mass is 35.5. The minimum absolute atomic E-state index is 0.0236. The lowest BCUT2D eigenvalue weighted by Gasteiger charge is -2.35. The molecule has 1 atom stereocenters. The van der Waals surface area contributed by atoms with E-state index in [1.807, 2.05) is 17.5 Å². The Bertz CT molecular complexity index is 672. The van der Waals surface area contributed by atoms with E-state index in [-0.39, 0.29) is 16.8 Å². The van der Waals surface area contributed by atoms with Crippen LogP contribution in [0.2, 0.25) is 5.02 Å². The molecule has 1 aliphatic rings. The Morgan fingerprint density at radius 3 is 2.54 bits per heavy atom. The molecule has 1 aliphatic heterocycles. The highest BCUT2D eigenvalue weighted by Gasteiger charge is 2.32. The topological polar surface area (TPSA) is 24.5 Å². The summed E-state index contributed by atoms with van der Waals surface area (Å²) in [5, 5.41) is 5.26. The molecule has 0 aliphatic carbocycles. The second-order valence-electron chi connectivity index (χ2n) is 5.44. The van der Waals surface area contributed by atoms with Crippen molar-refractivity contribution in [1.82, 2.24) is 10.2 Å². The van der Waals surface area contributed by atoms with E-state index >= 15 is 0 Å². The summed E-state index contributed by atoms with van der Waals surface area (Å²) < 4.78 is 41.2. The van der Waals surface area contributed by atoms with Crippen LogP contribution in [0.5, 0.6) is 5.75 Å². The molecule has 0 radical (unpaired) electrons. The van der Waals surface area contributed by atoms with Crippen LogP contribution in [-0.2, 0) is 0 Å². The molecule has 1 fully saturated rings. The van der Waals surface area contributed by atoms with Crippen molar-refractivity contribution in [1.29, 1.82) is 0 Å². The molecule has 1 aromatic heterocycles. The smallest absolute Gasteiger partial charge is 0.404 e. The van der Waals surface area contributed by atoms with Crippen molar-refractivity contribution >= 4 is 22.9 Å². The fraction of sp³-hybridized carbons (Fsp3) is 0.375. The number of nitrogens with one attached hydrogen (secondary N) is 1. The average molecular weight is 377 g/mol. The number of alkyl halides is 3. The first-order valence-electron chi connectivity index (χ1n) is 7.47. The standard InChI is InChI=1S/C16H16ClF3N2OS/c17-12-10-11(3-4-13(12)23-16(18,19)20)15(14-2-1-9-24-14)22-7-5-21-6-8-22/h1-4,9-10,15,21H,5-8H2/t15-/m1/s1. The number of benzene rings is 1. The molecule has 0 unspecified atom stereocenters. The van der Waals surface area contributed by atoms with E-state index in [0.29, 0.717) is 0 Å². The summed E-state index contributed by atoms with van der Waals surface area (Å²) in [6.07, 6.45) is -4.75. The van der Waals surface area contributed by atoms with Crippen molar-refractivity contribution in [3.63, 3.8) is 0 Å². The van der Waals surface area contributed by atoms with E-state index in [9.17, 15) is 13.2 Å². The highest BCUT2D eigenvalue weighted by molar-refractivity contribution is 7.10. The zero-order valence-electron chi connectivity index (χ0n) is 12.6. The molecule has 1 N–H and O–H groups in total. The number of hydrogen-bond donors (Lipinski definition) is 1. The molecule has 2 aromatic rings. The summed E-state index contributed by atoms with van der Waals surface area (Å²) in [5.41, 5.74) is 0.860. The molecular formula is C16H16ClF3N2OS. The summed E-state index contributed by atoms with van der Waals surface area (Å²) in [5.74, 6) is -0.377. The highest BCUT2D eigenvalue weighted by Crippen LogP contribution is 2.37. The molecule has 0 saturated carbocycles. The fourth-order valence-corrected chi connectivity index (χ4v) is 3.95. The second-order valence-corrected chi connectivity index (χ2v) is 6.83. The van der Waals surface area contributed by atoms with Crippen molar-refractivity contribution in [3.8, 4) is 5.75 Å². The van der Waals surface area contributed by atoms with Gasteiger partial charge < -0.3 is 10.1 Å². The summed E-state index contributed by atoms with van der Waals surface area (Å²) >= 11 is 7.65. The van der Waals surface area contributed by atoms with E-state index in [1.54, 1.807) is 23.5 Å². The normalized spacial score (nSPS) is 17.7. The molecule has 3 nitrogen and oxygen atoms in total. The number of hydrogen-bond acceptors (Lipinski definition) is 4.